The lowest BCUT2D eigenvalue weighted by Gasteiger charge is -2.51. The van der Waals surface area contributed by atoms with Gasteiger partial charge in [-0.1, -0.05) is 0 Å². The molecule has 578 valence electrons. The first-order valence-corrected chi connectivity index (χ1v) is 32.0. The molecule has 0 aromatic rings. The number of hydrogen-bond acceptors (Lipinski definition) is 40. The highest BCUT2D eigenvalue weighted by atomic mass is 16.8. The lowest BCUT2D eigenvalue weighted by molar-refractivity contribution is -0.396. The summed E-state index contributed by atoms with van der Waals surface area (Å²) in [6, 6.07) is -7.10. The Hall–Kier alpha value is -3.56. The number of aliphatic hydroxyl groups excluding tert-OH is 21. The monoisotopic (exact) mass is 1460 g/mol. The van der Waals surface area contributed by atoms with E-state index in [0.717, 1.165) is 27.7 Å². The van der Waals surface area contributed by atoms with Gasteiger partial charge in [-0.2, -0.15) is 0 Å². The summed E-state index contributed by atoms with van der Waals surface area (Å²) < 4.78 is 88.8. The summed E-state index contributed by atoms with van der Waals surface area (Å²) in [4.78, 5) is 50.2. The van der Waals surface area contributed by atoms with Gasteiger partial charge in [0.2, 0.25) is 23.6 Å². The average molecular weight is 1460 g/mol. The van der Waals surface area contributed by atoms with Gasteiger partial charge in [0.05, 0.1) is 52.4 Å². The van der Waals surface area contributed by atoms with Crippen LogP contribution in [0.2, 0.25) is 0 Å². The zero-order valence-electron chi connectivity index (χ0n) is 54.2. The van der Waals surface area contributed by atoms with E-state index in [1.54, 1.807) is 0 Å². The van der Waals surface area contributed by atoms with Crippen LogP contribution in [0.1, 0.15) is 34.6 Å². The zero-order valence-corrected chi connectivity index (χ0v) is 54.2. The van der Waals surface area contributed by atoms with Crippen LogP contribution in [0.5, 0.6) is 0 Å². The van der Waals surface area contributed by atoms with Crippen LogP contribution in [0.15, 0.2) is 0 Å². The van der Waals surface area contributed by atoms with Crippen molar-refractivity contribution in [3.63, 3.8) is 0 Å². The molecule has 0 radical (unpaired) electrons. The van der Waals surface area contributed by atoms with Crippen LogP contribution in [-0.4, -0.2) is 423 Å². The van der Waals surface area contributed by atoms with E-state index in [4.69, 9.17) is 71.1 Å². The minimum absolute atomic E-state index is 0.809. The Balaban J connectivity index is 1.14. The number of rotatable bonds is 25. The summed E-state index contributed by atoms with van der Waals surface area (Å²) in [6.45, 7) is -1.92. The maximum atomic E-state index is 13.1. The van der Waals surface area contributed by atoms with Crippen molar-refractivity contribution in [1.29, 1.82) is 0 Å². The van der Waals surface area contributed by atoms with Gasteiger partial charge in [-0.3, -0.25) is 19.2 Å². The molecule has 0 aromatic heterocycles. The summed E-state index contributed by atoms with van der Waals surface area (Å²) in [5.41, 5.74) is 0. The van der Waals surface area contributed by atoms with Crippen molar-refractivity contribution in [3.8, 4) is 0 Å². The summed E-state index contributed by atoms with van der Waals surface area (Å²) in [5.74, 6) is -3.42. The van der Waals surface area contributed by atoms with E-state index in [2.05, 4.69) is 21.3 Å². The Bertz CT molecular complexity index is 2620. The Morgan fingerprint density at radius 3 is 1.09 bits per heavy atom. The van der Waals surface area contributed by atoms with Crippen molar-refractivity contribution in [2.24, 2.45) is 0 Å². The molecule has 0 bridgehead atoms. The summed E-state index contributed by atoms with van der Waals surface area (Å²) in [5, 5.41) is 242. The van der Waals surface area contributed by atoms with Crippen LogP contribution in [0, 0.1) is 0 Å². The van der Waals surface area contributed by atoms with E-state index in [1.165, 1.54) is 6.92 Å². The highest BCUT2D eigenvalue weighted by Gasteiger charge is 2.60. The van der Waals surface area contributed by atoms with E-state index >= 15 is 0 Å². The second kappa shape index (κ2) is 35.7. The molecule has 0 aliphatic carbocycles. The van der Waals surface area contributed by atoms with Gasteiger partial charge in [0, 0.05) is 27.7 Å². The normalized spacial score (nSPS) is 48.7. The first kappa shape index (κ1) is 82.1. The van der Waals surface area contributed by atoms with E-state index in [9.17, 15) is 126 Å². The quantitative estimate of drug-likeness (QED) is 0.0404. The van der Waals surface area contributed by atoms with Gasteiger partial charge in [-0.15, -0.1) is 0 Å². The number of ether oxygens (including phenoxy) is 15. The average Bonchev–Trinajstić information content (AvgIpc) is 0.770. The first-order chi connectivity index (χ1) is 47.2. The Morgan fingerprint density at radius 2 is 0.620 bits per heavy atom. The number of amides is 4. The highest BCUT2D eigenvalue weighted by molar-refractivity contribution is 5.74. The number of hydrogen-bond donors (Lipinski definition) is 25. The van der Waals surface area contributed by atoms with Crippen LogP contribution in [0.3, 0.4) is 0 Å². The van der Waals surface area contributed by atoms with Crippen molar-refractivity contribution in [1.82, 2.24) is 21.3 Å². The molecular weight excluding hydrogens is 1370 g/mol. The van der Waals surface area contributed by atoms with Crippen LogP contribution in [0.4, 0.5) is 0 Å². The number of carbonyl (C=O) groups excluding carboxylic acids is 4. The standard InChI is InChI=1S/C56H94N4O40/c1-13-29(70)39(80)42(83)53(88-13)86-12-24-45(37(78)25(49(85)89-24)57-14(2)66)96-52-28(60-17(5)69)38(79)44(22(10-65)94-52)97-54-43(84)46(98-56-48(41(82)33(74)21(9-64)93-56)100-51-27(59-16(4)68)36(77)31(72)19(7-62)91-51)34(75)23(95-54)11-87-55-47(40(81)32(73)20(8-63)92-55)99-50-26(58-15(3)67)35(76)30(71)18(6-61)90-50/h13,18-56,61-65,70-85H,6-12H2,1-5H3,(H,57,66)(H,58,67)(H,59,68)(H,60,69)/t13-,18+,19+,20+,21+,22+,23+,24+,25+,26+,27+,28+,29+,30+,31+,32+,33+,34+,35+,36+,37+,38+,39+,40-,41-,42-,43-,44+,45+,46-,47-,48-,49+,50-,51-,52-,53-,54+,55-,56+/m0/s1. The van der Waals surface area contributed by atoms with Crippen LogP contribution >= 0.6 is 0 Å². The van der Waals surface area contributed by atoms with Crippen molar-refractivity contribution >= 4 is 23.6 Å². The van der Waals surface area contributed by atoms with Gasteiger partial charge >= 0.3 is 0 Å². The highest BCUT2D eigenvalue weighted by Crippen LogP contribution is 2.38. The van der Waals surface area contributed by atoms with Crippen LogP contribution < -0.4 is 21.3 Å². The summed E-state index contributed by atoms with van der Waals surface area (Å²) in [7, 11) is 0. The van der Waals surface area contributed by atoms with Crippen molar-refractivity contribution in [3.05, 3.63) is 0 Å². The molecule has 0 aromatic carbocycles. The molecule has 0 unspecified atom stereocenters. The maximum absolute atomic E-state index is 13.1. The van der Waals surface area contributed by atoms with E-state index in [1.807, 2.05) is 0 Å². The minimum Gasteiger partial charge on any atom is -0.394 e. The fourth-order valence-corrected chi connectivity index (χ4v) is 12.8. The molecule has 8 fully saturated rings. The molecule has 0 saturated carbocycles. The molecule has 44 nitrogen and oxygen atoms in total. The Labute approximate surface area is 567 Å². The second-order valence-electron chi connectivity index (χ2n) is 25.4. The van der Waals surface area contributed by atoms with Gasteiger partial charge in [-0.25, -0.2) is 0 Å². The molecule has 8 saturated heterocycles. The van der Waals surface area contributed by atoms with E-state index in [0.29, 0.717) is 0 Å². The molecule has 8 aliphatic heterocycles. The third-order valence-corrected chi connectivity index (χ3v) is 18.2. The fourth-order valence-electron chi connectivity index (χ4n) is 12.8. The first-order valence-electron chi connectivity index (χ1n) is 32.0. The molecule has 44 heteroatoms. The van der Waals surface area contributed by atoms with E-state index < -0.39 is 315 Å². The Morgan fingerprint density at radius 1 is 0.280 bits per heavy atom. The molecular formula is C56H94N4O40. The maximum Gasteiger partial charge on any atom is 0.217 e. The van der Waals surface area contributed by atoms with E-state index in [-0.39, 0.29) is 0 Å². The smallest absolute Gasteiger partial charge is 0.217 e. The SMILES string of the molecule is CC(=O)N[C@@H]1[C@@H](O)[C@H](O[C@@H]2O[C@H](CO)[C@@H](O[C@H]3O[C@H](CO[C@H]4O[C@H](CO)[C@@H](O)[C@H](O)[C@@H]4O[C@@H]4O[C@H](CO)[C@@H](O)[C@H](O)[C@H]4NC(C)=O)[C@@H](O)[C@H](O[C@H]4O[C@H](CO)[C@@H](O)[C@H](O)[C@@H]4O[C@@H]4O[C@H](CO)[C@@H](O)[C@H](O)[C@H]4NC(C)=O)[C@@H]3O)[C@H](O)[C@H]2NC(C)=O)[C@@H](CO[C@H]2O[C@@H](C)[C@@H](O)[C@@H](O)[C@@H]2O)O[C@H]1O. The predicted octanol–water partition coefficient (Wildman–Crippen LogP) is -16.8. The third kappa shape index (κ3) is 18.3. The number of carbonyl (C=O) groups is 4. The third-order valence-electron chi connectivity index (χ3n) is 18.2. The van der Waals surface area contributed by atoms with Crippen molar-refractivity contribution in [2.45, 2.75) is 280 Å². The lowest BCUT2D eigenvalue weighted by atomic mass is 9.93. The van der Waals surface area contributed by atoms with Gasteiger partial charge in [-0.05, 0) is 6.92 Å². The molecule has 8 aliphatic rings. The van der Waals surface area contributed by atoms with Crippen molar-refractivity contribution < 1.29 is 197 Å². The molecule has 8 heterocycles. The van der Waals surface area contributed by atoms with Crippen molar-refractivity contribution in [2.75, 3.05) is 46.2 Å². The zero-order chi connectivity index (χ0) is 73.8. The predicted molar refractivity (Wildman–Crippen MR) is 309 cm³/mol. The molecule has 40 atom stereocenters. The van der Waals surface area contributed by atoms with Gasteiger partial charge in [0.1, 0.15) is 189 Å². The number of aliphatic hydroxyl groups is 21. The van der Waals surface area contributed by atoms with Crippen LogP contribution in [0.25, 0.3) is 0 Å². The Kier molecular flexibility index (Phi) is 29.3. The minimum atomic E-state index is -2.50. The summed E-state index contributed by atoms with van der Waals surface area (Å²) >= 11 is 0. The van der Waals surface area contributed by atoms with Gasteiger partial charge in [0.25, 0.3) is 0 Å². The van der Waals surface area contributed by atoms with Gasteiger partial charge in [0.15, 0.2) is 50.3 Å². The fraction of sp³-hybridized carbons (Fsp3) is 0.929. The number of nitrogens with one attached hydrogen (secondary N) is 4. The van der Waals surface area contributed by atoms with Gasteiger partial charge < -0.3 is 200 Å². The topological polar surface area (TPSA) is 680 Å². The van der Waals surface area contributed by atoms with Crippen LogP contribution in [-0.2, 0) is 90.2 Å². The largest absolute Gasteiger partial charge is 0.394 e. The molecule has 0 spiro atoms. The molecule has 8 rings (SSSR count). The molecule has 100 heavy (non-hydrogen) atoms. The second-order valence-corrected chi connectivity index (χ2v) is 25.4. The molecule has 25 N–H and O–H groups in total. The summed E-state index contributed by atoms with van der Waals surface area (Å²) in [6.07, 6.45) is -71.6. The lowest BCUT2D eigenvalue weighted by Crippen LogP contribution is -2.71. The molecule has 4 amide bonds.